The Morgan fingerprint density at radius 1 is 1.17 bits per heavy atom. The number of hydrogen-bond acceptors (Lipinski definition) is 2. The van der Waals surface area contributed by atoms with Gasteiger partial charge in [-0.3, -0.25) is 9.59 Å². The van der Waals surface area contributed by atoms with Gasteiger partial charge in [0.25, 0.3) is 0 Å². The third-order valence-electron chi connectivity index (χ3n) is 5.37. The second kappa shape index (κ2) is 7.67. The molecule has 0 aromatic heterocycles. The topological polar surface area (TPSA) is 49.4 Å². The number of amides is 2. The van der Waals surface area contributed by atoms with Gasteiger partial charge in [0.15, 0.2) is 0 Å². The van der Waals surface area contributed by atoms with Crippen molar-refractivity contribution in [3.63, 3.8) is 0 Å². The molecule has 23 heavy (non-hydrogen) atoms. The minimum absolute atomic E-state index is 0.0396. The number of hydrogen-bond donors (Lipinski definition) is 1. The summed E-state index contributed by atoms with van der Waals surface area (Å²) < 4.78 is 0. The molecular formula is C19H34N2O2. The average molecular weight is 322 g/mol. The predicted molar refractivity (Wildman–Crippen MR) is 92.9 cm³/mol. The lowest BCUT2D eigenvalue weighted by atomic mass is 9.67. The van der Waals surface area contributed by atoms with Gasteiger partial charge in [-0.2, -0.15) is 0 Å². The van der Waals surface area contributed by atoms with Crippen molar-refractivity contribution in [2.45, 2.75) is 78.7 Å². The summed E-state index contributed by atoms with van der Waals surface area (Å²) in [5.74, 6) is 1.25. The molecule has 1 saturated heterocycles. The maximum absolute atomic E-state index is 12.4. The summed E-state index contributed by atoms with van der Waals surface area (Å²) in [5.41, 5.74) is 0.331. The van der Waals surface area contributed by atoms with E-state index in [2.05, 4.69) is 26.1 Å². The zero-order valence-corrected chi connectivity index (χ0v) is 15.4. The van der Waals surface area contributed by atoms with Gasteiger partial charge in [0, 0.05) is 19.5 Å². The molecule has 1 N–H and O–H groups in total. The number of likely N-dealkylation sites (tertiary alicyclic amines) is 1. The number of nitrogens with one attached hydrogen (secondary N) is 1. The molecular weight excluding hydrogens is 288 g/mol. The Morgan fingerprint density at radius 3 is 2.43 bits per heavy atom. The first kappa shape index (κ1) is 18.3. The Labute approximate surface area is 141 Å². The maximum atomic E-state index is 12.4. The van der Waals surface area contributed by atoms with Crippen LogP contribution in [-0.2, 0) is 9.59 Å². The van der Waals surface area contributed by atoms with Gasteiger partial charge >= 0.3 is 0 Å². The molecule has 0 radical (unpaired) electrons. The van der Waals surface area contributed by atoms with Crippen LogP contribution in [-0.4, -0.2) is 35.8 Å². The van der Waals surface area contributed by atoms with Crippen molar-refractivity contribution < 1.29 is 9.59 Å². The summed E-state index contributed by atoms with van der Waals surface area (Å²) in [5, 5.41) is 2.94. The van der Waals surface area contributed by atoms with Crippen LogP contribution in [0, 0.1) is 17.3 Å². The number of carbonyl (C=O) groups excluding carboxylic acids is 2. The average Bonchev–Trinajstić information content (AvgIpc) is 2.44. The van der Waals surface area contributed by atoms with Crippen molar-refractivity contribution in [1.29, 1.82) is 0 Å². The molecule has 0 aromatic rings. The Kier molecular flexibility index (Phi) is 6.10. The molecule has 2 amide bonds. The van der Waals surface area contributed by atoms with Gasteiger partial charge in [-0.05, 0) is 62.7 Å². The summed E-state index contributed by atoms with van der Waals surface area (Å²) in [6.45, 7) is 10.4. The van der Waals surface area contributed by atoms with Crippen LogP contribution in [0.2, 0.25) is 0 Å². The molecule has 2 aliphatic rings. The minimum Gasteiger partial charge on any atom is -0.345 e. The third-order valence-corrected chi connectivity index (χ3v) is 5.37. The second-order valence-corrected chi connectivity index (χ2v) is 8.66. The van der Waals surface area contributed by atoms with Gasteiger partial charge in [0.1, 0.15) is 6.04 Å². The van der Waals surface area contributed by atoms with Crippen LogP contribution in [0.25, 0.3) is 0 Å². The number of carbonyl (C=O) groups is 2. The lowest BCUT2D eigenvalue weighted by Gasteiger charge is -2.39. The first-order valence-corrected chi connectivity index (χ1v) is 9.35. The SMILES string of the molecule is CC1CC(CC(=O)N[C@@H](C)C(=O)N2CCCCC2)CC(C)(C)C1. The molecule has 132 valence electrons. The molecule has 2 rings (SSSR count). The van der Waals surface area contributed by atoms with Gasteiger partial charge < -0.3 is 10.2 Å². The van der Waals surface area contributed by atoms with Crippen LogP contribution in [0.4, 0.5) is 0 Å². The van der Waals surface area contributed by atoms with Crippen molar-refractivity contribution >= 4 is 11.8 Å². The highest BCUT2D eigenvalue weighted by atomic mass is 16.2. The quantitative estimate of drug-likeness (QED) is 0.863. The van der Waals surface area contributed by atoms with Crippen LogP contribution in [0.15, 0.2) is 0 Å². The molecule has 1 aliphatic heterocycles. The van der Waals surface area contributed by atoms with E-state index in [4.69, 9.17) is 0 Å². The van der Waals surface area contributed by atoms with E-state index in [1.165, 1.54) is 12.8 Å². The maximum Gasteiger partial charge on any atom is 0.244 e. The van der Waals surface area contributed by atoms with Crippen molar-refractivity contribution in [3.8, 4) is 0 Å². The number of piperidine rings is 1. The summed E-state index contributed by atoms with van der Waals surface area (Å²) in [7, 11) is 0. The van der Waals surface area contributed by atoms with Gasteiger partial charge in [0.05, 0.1) is 0 Å². The normalized spacial score (nSPS) is 29.0. The molecule has 1 aliphatic carbocycles. The van der Waals surface area contributed by atoms with Crippen LogP contribution < -0.4 is 5.32 Å². The zero-order valence-electron chi connectivity index (χ0n) is 15.4. The summed E-state index contributed by atoms with van der Waals surface area (Å²) in [6.07, 6.45) is 7.42. The fraction of sp³-hybridized carbons (Fsp3) is 0.895. The Morgan fingerprint density at radius 2 is 1.83 bits per heavy atom. The van der Waals surface area contributed by atoms with Gasteiger partial charge in [-0.15, -0.1) is 0 Å². The first-order chi connectivity index (χ1) is 10.8. The lowest BCUT2D eigenvalue weighted by molar-refractivity contribution is -0.137. The predicted octanol–water partition coefficient (Wildman–Crippen LogP) is 3.36. The Balaban J connectivity index is 1.80. The molecule has 2 fully saturated rings. The summed E-state index contributed by atoms with van der Waals surface area (Å²) >= 11 is 0. The van der Waals surface area contributed by atoms with Crippen LogP contribution >= 0.6 is 0 Å². The van der Waals surface area contributed by atoms with E-state index in [-0.39, 0.29) is 11.8 Å². The standard InChI is InChI=1S/C19H34N2O2/c1-14-10-16(13-19(3,4)12-14)11-17(22)20-15(2)18(23)21-8-6-5-7-9-21/h14-16H,5-13H2,1-4H3,(H,20,22)/t14?,15-,16?/m0/s1. The molecule has 3 atom stereocenters. The van der Waals surface area contributed by atoms with E-state index < -0.39 is 6.04 Å². The summed E-state index contributed by atoms with van der Waals surface area (Å²) in [6, 6.07) is -0.394. The van der Waals surface area contributed by atoms with Gasteiger partial charge in [0.2, 0.25) is 11.8 Å². The van der Waals surface area contributed by atoms with Crippen LogP contribution in [0.5, 0.6) is 0 Å². The molecule has 1 saturated carbocycles. The van der Waals surface area contributed by atoms with Gasteiger partial charge in [-0.25, -0.2) is 0 Å². The molecule has 0 bridgehead atoms. The molecule has 4 nitrogen and oxygen atoms in total. The molecule has 0 spiro atoms. The molecule has 0 aromatic carbocycles. The fourth-order valence-corrected chi connectivity index (χ4v) is 4.71. The Hall–Kier alpha value is -1.06. The van der Waals surface area contributed by atoms with Crippen molar-refractivity contribution in [1.82, 2.24) is 10.2 Å². The van der Waals surface area contributed by atoms with E-state index in [0.29, 0.717) is 23.7 Å². The summed E-state index contributed by atoms with van der Waals surface area (Å²) in [4.78, 5) is 26.6. The van der Waals surface area contributed by atoms with E-state index in [1.54, 1.807) is 0 Å². The highest BCUT2D eigenvalue weighted by Gasteiger charge is 2.33. The molecule has 4 heteroatoms. The molecule has 2 unspecified atom stereocenters. The van der Waals surface area contributed by atoms with Crippen molar-refractivity contribution in [2.24, 2.45) is 17.3 Å². The van der Waals surface area contributed by atoms with E-state index in [0.717, 1.165) is 38.8 Å². The van der Waals surface area contributed by atoms with Gasteiger partial charge in [-0.1, -0.05) is 20.8 Å². The van der Waals surface area contributed by atoms with E-state index in [1.807, 2.05) is 11.8 Å². The third kappa shape index (κ3) is 5.50. The highest BCUT2D eigenvalue weighted by molar-refractivity contribution is 5.87. The smallest absolute Gasteiger partial charge is 0.244 e. The van der Waals surface area contributed by atoms with E-state index in [9.17, 15) is 9.59 Å². The monoisotopic (exact) mass is 322 g/mol. The fourth-order valence-electron chi connectivity index (χ4n) is 4.71. The van der Waals surface area contributed by atoms with Crippen LogP contribution in [0.3, 0.4) is 0 Å². The Bertz CT molecular complexity index is 427. The van der Waals surface area contributed by atoms with Crippen molar-refractivity contribution in [3.05, 3.63) is 0 Å². The van der Waals surface area contributed by atoms with Crippen molar-refractivity contribution in [2.75, 3.05) is 13.1 Å². The minimum atomic E-state index is -0.394. The zero-order chi connectivity index (χ0) is 17.0. The van der Waals surface area contributed by atoms with E-state index >= 15 is 0 Å². The highest BCUT2D eigenvalue weighted by Crippen LogP contribution is 2.42. The lowest BCUT2D eigenvalue weighted by Crippen LogP contribution is -2.48. The largest absolute Gasteiger partial charge is 0.345 e. The second-order valence-electron chi connectivity index (χ2n) is 8.66. The van der Waals surface area contributed by atoms with Crippen LogP contribution in [0.1, 0.15) is 72.6 Å². The number of nitrogens with zero attached hydrogens (tertiary/aromatic N) is 1. The molecule has 1 heterocycles. The first-order valence-electron chi connectivity index (χ1n) is 9.35. The number of rotatable bonds is 4.